The highest BCUT2D eigenvalue weighted by molar-refractivity contribution is 7.26. The number of hydrogen-bond donors (Lipinski definition) is 0. The van der Waals surface area contributed by atoms with Crippen LogP contribution < -0.4 is 0 Å². The van der Waals surface area contributed by atoms with E-state index < -0.39 is 0 Å². The summed E-state index contributed by atoms with van der Waals surface area (Å²) in [5.41, 5.74) is 9.05. The second-order valence-corrected chi connectivity index (χ2v) is 13.4. The van der Waals surface area contributed by atoms with Crippen molar-refractivity contribution in [1.29, 1.82) is 0 Å². The molecule has 0 fully saturated rings. The van der Waals surface area contributed by atoms with Gasteiger partial charge in [0.1, 0.15) is 11.2 Å². The van der Waals surface area contributed by atoms with Crippen molar-refractivity contribution < 1.29 is 4.42 Å². The number of furan rings is 1. The van der Waals surface area contributed by atoms with Crippen molar-refractivity contribution >= 4 is 53.4 Å². The zero-order chi connectivity index (χ0) is 33.0. The lowest BCUT2D eigenvalue weighted by Crippen LogP contribution is -2.00. The Balaban J connectivity index is 1.17. The van der Waals surface area contributed by atoms with Crippen LogP contribution in [0.3, 0.4) is 0 Å². The summed E-state index contributed by atoms with van der Waals surface area (Å²) < 4.78 is 8.96. The lowest BCUT2D eigenvalue weighted by atomic mass is 10.0. The molecular formula is C45H27N3OS. The van der Waals surface area contributed by atoms with E-state index in [4.69, 9.17) is 19.4 Å². The van der Waals surface area contributed by atoms with Gasteiger partial charge in [0.2, 0.25) is 0 Å². The van der Waals surface area contributed by atoms with Crippen LogP contribution in [-0.4, -0.2) is 15.0 Å². The standard InChI is InChI=1S/C45H27N3OS/c1-4-12-28(13-5-1)31-23-25-39-38(26-31)34-18-10-20-36(41(34)49-39)44-46-43(30-16-8-3-9-17-30)47-45(48-44)37-21-11-19-35-33-24-22-32(27-40(33)50-42(35)37)29-14-6-2-7-15-29/h1-27H. The molecule has 4 nitrogen and oxygen atoms in total. The maximum atomic E-state index is 6.58. The molecule has 0 aliphatic rings. The summed E-state index contributed by atoms with van der Waals surface area (Å²) in [6, 6.07) is 56.8. The minimum absolute atomic E-state index is 0.575. The van der Waals surface area contributed by atoms with Gasteiger partial charge >= 0.3 is 0 Å². The maximum absolute atomic E-state index is 6.58. The summed E-state index contributed by atoms with van der Waals surface area (Å²) in [4.78, 5) is 15.4. The van der Waals surface area contributed by atoms with Crippen LogP contribution in [0, 0.1) is 0 Å². The van der Waals surface area contributed by atoms with Gasteiger partial charge in [-0.25, -0.2) is 15.0 Å². The summed E-state index contributed by atoms with van der Waals surface area (Å²) >= 11 is 1.78. The van der Waals surface area contributed by atoms with E-state index in [2.05, 4.69) is 121 Å². The summed E-state index contributed by atoms with van der Waals surface area (Å²) in [5.74, 6) is 1.83. The molecule has 234 valence electrons. The highest BCUT2D eigenvalue weighted by Crippen LogP contribution is 2.42. The Labute approximate surface area is 292 Å². The molecule has 3 heterocycles. The van der Waals surface area contributed by atoms with Crippen LogP contribution in [0.15, 0.2) is 168 Å². The van der Waals surface area contributed by atoms with E-state index in [0.29, 0.717) is 17.5 Å². The minimum Gasteiger partial charge on any atom is -0.455 e. The third-order valence-corrected chi connectivity index (χ3v) is 10.6. The SMILES string of the molecule is c1ccc(-c2ccc3c(c2)sc2c(-c4nc(-c5ccccc5)nc(-c5cccc6c5oc5ccc(-c7ccccc7)cc56)n4)cccc23)cc1. The van der Waals surface area contributed by atoms with Crippen molar-refractivity contribution in [2.45, 2.75) is 0 Å². The number of para-hydroxylation sites is 1. The van der Waals surface area contributed by atoms with Crippen molar-refractivity contribution in [2.24, 2.45) is 0 Å². The molecule has 5 heteroatoms. The monoisotopic (exact) mass is 657 g/mol. The lowest BCUT2D eigenvalue weighted by molar-refractivity contribution is 0.669. The smallest absolute Gasteiger partial charge is 0.167 e. The fourth-order valence-electron chi connectivity index (χ4n) is 6.90. The number of thiophene rings is 1. The van der Waals surface area contributed by atoms with Crippen LogP contribution >= 0.6 is 11.3 Å². The molecule has 0 saturated heterocycles. The summed E-state index contributed by atoms with van der Waals surface area (Å²) in [7, 11) is 0. The number of aromatic nitrogens is 3. The molecule has 7 aromatic carbocycles. The molecule has 0 atom stereocenters. The first-order chi connectivity index (χ1) is 24.8. The fraction of sp³-hybridized carbons (Fsp3) is 0. The van der Waals surface area contributed by atoms with Crippen molar-refractivity contribution in [1.82, 2.24) is 15.0 Å². The number of rotatable bonds is 5. The summed E-state index contributed by atoms with van der Waals surface area (Å²) in [5, 5.41) is 4.51. The van der Waals surface area contributed by atoms with Gasteiger partial charge in [-0.05, 0) is 52.6 Å². The topological polar surface area (TPSA) is 51.8 Å². The Morgan fingerprint density at radius 2 is 0.960 bits per heavy atom. The molecule has 0 N–H and O–H groups in total. The van der Waals surface area contributed by atoms with Gasteiger partial charge in [0.25, 0.3) is 0 Å². The van der Waals surface area contributed by atoms with Crippen molar-refractivity contribution in [3.63, 3.8) is 0 Å². The van der Waals surface area contributed by atoms with Crippen LogP contribution in [0.25, 0.3) is 98.5 Å². The summed E-state index contributed by atoms with van der Waals surface area (Å²) in [6.07, 6.45) is 0. The Hall–Kier alpha value is -6.43. The summed E-state index contributed by atoms with van der Waals surface area (Å²) in [6.45, 7) is 0. The van der Waals surface area contributed by atoms with Gasteiger partial charge in [0.15, 0.2) is 17.5 Å². The van der Waals surface area contributed by atoms with Crippen molar-refractivity contribution in [3.05, 3.63) is 164 Å². The number of nitrogens with zero attached hydrogens (tertiary/aromatic N) is 3. The predicted molar refractivity (Wildman–Crippen MR) is 207 cm³/mol. The van der Waals surface area contributed by atoms with Crippen LogP contribution in [0.1, 0.15) is 0 Å². The average Bonchev–Trinajstić information content (AvgIpc) is 3.76. The molecular weight excluding hydrogens is 631 g/mol. The first kappa shape index (κ1) is 28.6. The maximum Gasteiger partial charge on any atom is 0.167 e. The van der Waals surface area contributed by atoms with E-state index in [1.807, 2.05) is 42.5 Å². The third-order valence-electron chi connectivity index (χ3n) is 9.36. The number of benzene rings is 7. The van der Waals surface area contributed by atoms with E-state index in [0.717, 1.165) is 48.9 Å². The van der Waals surface area contributed by atoms with E-state index in [1.165, 1.54) is 32.2 Å². The molecule has 10 rings (SSSR count). The third kappa shape index (κ3) is 4.79. The minimum atomic E-state index is 0.575. The van der Waals surface area contributed by atoms with Gasteiger partial charge in [-0.15, -0.1) is 11.3 Å². The molecule has 0 spiro atoms. The molecule has 50 heavy (non-hydrogen) atoms. The highest BCUT2D eigenvalue weighted by Gasteiger charge is 2.20. The molecule has 0 amide bonds. The van der Waals surface area contributed by atoms with Gasteiger partial charge in [-0.2, -0.15) is 0 Å². The molecule has 0 radical (unpaired) electrons. The highest BCUT2D eigenvalue weighted by atomic mass is 32.1. The molecule has 0 saturated carbocycles. The van der Waals surface area contributed by atoms with Crippen LogP contribution in [0.2, 0.25) is 0 Å². The average molecular weight is 658 g/mol. The van der Waals surface area contributed by atoms with E-state index in [9.17, 15) is 0 Å². The van der Waals surface area contributed by atoms with Crippen molar-refractivity contribution in [2.75, 3.05) is 0 Å². The van der Waals surface area contributed by atoms with Crippen LogP contribution in [0.4, 0.5) is 0 Å². The van der Waals surface area contributed by atoms with E-state index >= 15 is 0 Å². The van der Waals surface area contributed by atoms with Gasteiger partial charge in [-0.3, -0.25) is 0 Å². The quantitative estimate of drug-likeness (QED) is 0.185. The van der Waals surface area contributed by atoms with Gasteiger partial charge in [0.05, 0.1) is 5.56 Å². The molecule has 10 aromatic rings. The normalized spacial score (nSPS) is 11.6. The second-order valence-electron chi connectivity index (χ2n) is 12.4. The number of hydrogen-bond acceptors (Lipinski definition) is 5. The number of fused-ring (bicyclic) bond motifs is 6. The molecule has 0 aliphatic heterocycles. The lowest BCUT2D eigenvalue weighted by Gasteiger charge is -2.09. The molecule has 3 aromatic heterocycles. The van der Waals surface area contributed by atoms with Gasteiger partial charge < -0.3 is 4.42 Å². The van der Waals surface area contributed by atoms with Crippen LogP contribution in [-0.2, 0) is 0 Å². The molecule has 0 aliphatic carbocycles. The zero-order valence-corrected chi connectivity index (χ0v) is 27.6. The van der Waals surface area contributed by atoms with E-state index in [-0.39, 0.29) is 0 Å². The Morgan fingerprint density at radius 3 is 1.68 bits per heavy atom. The predicted octanol–water partition coefficient (Wildman–Crippen LogP) is 12.5. The van der Waals surface area contributed by atoms with Crippen LogP contribution in [0.5, 0.6) is 0 Å². The Morgan fingerprint density at radius 1 is 0.380 bits per heavy atom. The Bertz CT molecular complexity index is 2830. The second kappa shape index (κ2) is 11.6. The van der Waals surface area contributed by atoms with Gasteiger partial charge in [-0.1, -0.05) is 133 Å². The largest absolute Gasteiger partial charge is 0.455 e. The van der Waals surface area contributed by atoms with E-state index in [1.54, 1.807) is 11.3 Å². The molecule has 0 unspecified atom stereocenters. The van der Waals surface area contributed by atoms with Gasteiger partial charge in [0, 0.05) is 42.1 Å². The van der Waals surface area contributed by atoms with Crippen molar-refractivity contribution in [3.8, 4) is 56.4 Å². The zero-order valence-electron chi connectivity index (χ0n) is 26.7. The first-order valence-corrected chi connectivity index (χ1v) is 17.4. The fourth-order valence-corrected chi connectivity index (χ4v) is 8.15. The molecule has 0 bridgehead atoms. The Kier molecular flexibility index (Phi) is 6.64. The first-order valence-electron chi connectivity index (χ1n) is 16.6.